The van der Waals surface area contributed by atoms with Crippen LogP contribution in [-0.2, 0) is 11.3 Å². The molecule has 0 fully saturated rings. The number of carbonyl (C=O) groups is 2. The van der Waals surface area contributed by atoms with Crippen molar-refractivity contribution in [2.45, 2.75) is 25.6 Å². The van der Waals surface area contributed by atoms with E-state index in [9.17, 15) is 24.8 Å². The summed E-state index contributed by atoms with van der Waals surface area (Å²) in [6, 6.07) is 3.54. The number of carboxylic acid groups (broad SMARTS) is 1. The highest BCUT2D eigenvalue weighted by Crippen LogP contribution is 2.16. The first-order chi connectivity index (χ1) is 9.82. The van der Waals surface area contributed by atoms with Gasteiger partial charge in [-0.25, -0.2) is 9.59 Å². The molecule has 1 rings (SSSR count). The number of carboxylic acids is 1. The molecule has 0 aliphatic carbocycles. The van der Waals surface area contributed by atoms with Gasteiger partial charge in [0.25, 0.3) is 5.69 Å². The molecular weight excluding hydrogens is 282 g/mol. The first-order valence-electron chi connectivity index (χ1n) is 6.00. The molecule has 2 amide bonds. The van der Waals surface area contributed by atoms with Crippen LogP contribution in [0.5, 0.6) is 0 Å². The van der Waals surface area contributed by atoms with Crippen LogP contribution in [0.25, 0.3) is 0 Å². The van der Waals surface area contributed by atoms with E-state index in [1.165, 1.54) is 25.1 Å². The summed E-state index contributed by atoms with van der Waals surface area (Å²) in [6.07, 6.45) is -1.28. The van der Waals surface area contributed by atoms with E-state index in [0.29, 0.717) is 0 Å². The number of carbonyl (C=O) groups excluding carboxylic acids is 1. The molecule has 0 unspecified atom stereocenters. The van der Waals surface area contributed by atoms with Gasteiger partial charge in [-0.1, -0.05) is 18.2 Å². The van der Waals surface area contributed by atoms with Crippen LogP contribution in [0.15, 0.2) is 24.3 Å². The lowest BCUT2D eigenvalue weighted by molar-refractivity contribution is -0.385. The molecule has 0 saturated heterocycles. The van der Waals surface area contributed by atoms with Crippen molar-refractivity contribution in [2.24, 2.45) is 0 Å². The predicted molar refractivity (Wildman–Crippen MR) is 71.6 cm³/mol. The number of nitro groups is 1. The number of aliphatic hydroxyl groups is 1. The zero-order valence-corrected chi connectivity index (χ0v) is 11.1. The third-order valence-corrected chi connectivity index (χ3v) is 2.66. The van der Waals surface area contributed by atoms with Gasteiger partial charge in [-0.05, 0) is 6.92 Å². The number of aliphatic carboxylic acids is 1. The van der Waals surface area contributed by atoms with Crippen LogP contribution >= 0.6 is 0 Å². The largest absolute Gasteiger partial charge is 0.480 e. The van der Waals surface area contributed by atoms with Crippen LogP contribution in [0.1, 0.15) is 12.5 Å². The van der Waals surface area contributed by atoms with Crippen molar-refractivity contribution in [2.75, 3.05) is 0 Å². The van der Waals surface area contributed by atoms with Gasteiger partial charge in [0.15, 0.2) is 6.04 Å². The van der Waals surface area contributed by atoms with E-state index in [1.54, 1.807) is 6.07 Å². The first-order valence-corrected chi connectivity index (χ1v) is 6.00. The highest BCUT2D eigenvalue weighted by molar-refractivity contribution is 5.82. The number of nitrogens with zero attached hydrogens (tertiary/aromatic N) is 1. The highest BCUT2D eigenvalue weighted by atomic mass is 16.6. The van der Waals surface area contributed by atoms with Gasteiger partial charge in [0.1, 0.15) is 0 Å². The monoisotopic (exact) mass is 297 g/mol. The van der Waals surface area contributed by atoms with Gasteiger partial charge >= 0.3 is 12.0 Å². The standard InChI is InChI=1S/C12H15N3O6/c1-7(16)10(11(17)18)14-12(19)13-6-8-4-2-3-5-9(8)15(20)21/h2-5,7,10,16H,6H2,1H3,(H,17,18)(H2,13,14,19)/t7-,10+/m1/s1. The van der Waals surface area contributed by atoms with Crippen LogP contribution < -0.4 is 10.6 Å². The fourth-order valence-corrected chi connectivity index (χ4v) is 1.59. The number of urea groups is 1. The third kappa shape index (κ3) is 4.73. The molecule has 0 heterocycles. The van der Waals surface area contributed by atoms with Gasteiger partial charge in [-0.15, -0.1) is 0 Å². The third-order valence-electron chi connectivity index (χ3n) is 2.66. The van der Waals surface area contributed by atoms with Crippen molar-refractivity contribution in [3.63, 3.8) is 0 Å². The SMILES string of the molecule is C[C@@H](O)[C@H](NC(=O)NCc1ccccc1[N+](=O)[O-])C(=O)O. The number of hydrogen-bond donors (Lipinski definition) is 4. The highest BCUT2D eigenvalue weighted by Gasteiger charge is 2.25. The summed E-state index contributed by atoms with van der Waals surface area (Å²) in [4.78, 5) is 32.6. The molecule has 9 heteroatoms. The van der Waals surface area contributed by atoms with E-state index in [4.69, 9.17) is 5.11 Å². The summed E-state index contributed by atoms with van der Waals surface area (Å²) in [5.74, 6) is -1.38. The summed E-state index contributed by atoms with van der Waals surface area (Å²) in [6.45, 7) is 1.08. The number of rotatable bonds is 6. The van der Waals surface area contributed by atoms with E-state index < -0.39 is 29.1 Å². The molecule has 1 aromatic rings. The van der Waals surface area contributed by atoms with Gasteiger partial charge in [-0.2, -0.15) is 0 Å². The summed E-state index contributed by atoms with van der Waals surface area (Å²) in [7, 11) is 0. The lowest BCUT2D eigenvalue weighted by Crippen LogP contribution is -2.51. The maximum atomic E-state index is 11.6. The Balaban J connectivity index is 2.65. The van der Waals surface area contributed by atoms with Gasteiger partial charge in [0.2, 0.25) is 0 Å². The zero-order valence-electron chi connectivity index (χ0n) is 11.1. The zero-order chi connectivity index (χ0) is 16.0. The molecule has 0 radical (unpaired) electrons. The Morgan fingerprint density at radius 3 is 2.52 bits per heavy atom. The maximum absolute atomic E-state index is 11.6. The second kappa shape index (κ2) is 7.20. The van der Waals surface area contributed by atoms with Gasteiger partial charge in [0, 0.05) is 11.6 Å². The Morgan fingerprint density at radius 1 is 1.38 bits per heavy atom. The van der Waals surface area contributed by atoms with E-state index in [-0.39, 0.29) is 17.8 Å². The number of para-hydroxylation sites is 1. The Bertz CT molecular complexity index is 546. The molecular formula is C12H15N3O6. The van der Waals surface area contributed by atoms with E-state index in [1.807, 2.05) is 0 Å². The minimum atomic E-state index is -1.46. The minimum Gasteiger partial charge on any atom is -0.480 e. The fourth-order valence-electron chi connectivity index (χ4n) is 1.59. The van der Waals surface area contributed by atoms with E-state index >= 15 is 0 Å². The lowest BCUT2D eigenvalue weighted by Gasteiger charge is -2.17. The molecule has 0 spiro atoms. The second-order valence-electron chi connectivity index (χ2n) is 4.27. The lowest BCUT2D eigenvalue weighted by atomic mass is 10.2. The van der Waals surface area contributed by atoms with Crippen LogP contribution in [0.2, 0.25) is 0 Å². The normalized spacial score (nSPS) is 13.0. The average molecular weight is 297 g/mol. The number of hydrogen-bond acceptors (Lipinski definition) is 5. The first kappa shape index (κ1) is 16.4. The van der Waals surface area contributed by atoms with Crippen LogP contribution in [0.4, 0.5) is 10.5 Å². The molecule has 2 atom stereocenters. The van der Waals surface area contributed by atoms with Gasteiger partial charge in [0.05, 0.1) is 17.6 Å². The molecule has 0 aliphatic rings. The van der Waals surface area contributed by atoms with Crippen molar-refractivity contribution < 1.29 is 24.7 Å². The Morgan fingerprint density at radius 2 is 2.00 bits per heavy atom. The summed E-state index contributed by atoms with van der Waals surface area (Å²) in [5.41, 5.74) is 0.129. The average Bonchev–Trinajstić information content (AvgIpc) is 2.42. The molecule has 114 valence electrons. The topological polar surface area (TPSA) is 142 Å². The maximum Gasteiger partial charge on any atom is 0.328 e. The van der Waals surface area contributed by atoms with E-state index in [2.05, 4.69) is 10.6 Å². The van der Waals surface area contributed by atoms with Gasteiger partial charge < -0.3 is 20.8 Å². The molecule has 0 saturated carbocycles. The van der Waals surface area contributed by atoms with Crippen LogP contribution in [0, 0.1) is 10.1 Å². The molecule has 0 aliphatic heterocycles. The fraction of sp³-hybridized carbons (Fsp3) is 0.333. The Kier molecular flexibility index (Phi) is 5.61. The Hall–Kier alpha value is -2.68. The molecule has 21 heavy (non-hydrogen) atoms. The molecule has 9 nitrogen and oxygen atoms in total. The number of benzene rings is 1. The minimum absolute atomic E-state index is 0.144. The van der Waals surface area contributed by atoms with Crippen molar-refractivity contribution in [3.05, 3.63) is 39.9 Å². The van der Waals surface area contributed by atoms with E-state index in [0.717, 1.165) is 0 Å². The Labute approximate surface area is 119 Å². The van der Waals surface area contributed by atoms with Crippen molar-refractivity contribution in [1.29, 1.82) is 0 Å². The molecule has 0 aromatic heterocycles. The number of amides is 2. The predicted octanol–water partition coefficient (Wildman–Crippen LogP) is 0.228. The quantitative estimate of drug-likeness (QED) is 0.437. The number of nitrogens with one attached hydrogen (secondary N) is 2. The van der Waals surface area contributed by atoms with Crippen molar-refractivity contribution >= 4 is 17.7 Å². The second-order valence-corrected chi connectivity index (χ2v) is 4.27. The molecule has 4 N–H and O–H groups in total. The smallest absolute Gasteiger partial charge is 0.328 e. The van der Waals surface area contributed by atoms with Crippen molar-refractivity contribution in [1.82, 2.24) is 10.6 Å². The molecule has 1 aromatic carbocycles. The summed E-state index contributed by atoms with van der Waals surface area (Å²) in [5, 5.41) is 33.2. The van der Waals surface area contributed by atoms with Crippen LogP contribution in [-0.4, -0.2) is 39.3 Å². The van der Waals surface area contributed by atoms with Crippen LogP contribution in [0.3, 0.4) is 0 Å². The molecule has 0 bridgehead atoms. The number of nitro benzene ring substituents is 1. The number of aliphatic hydroxyl groups excluding tert-OH is 1. The summed E-state index contributed by atoms with van der Waals surface area (Å²) < 4.78 is 0. The van der Waals surface area contributed by atoms with Gasteiger partial charge in [-0.3, -0.25) is 10.1 Å². The summed E-state index contributed by atoms with van der Waals surface area (Å²) >= 11 is 0. The van der Waals surface area contributed by atoms with Crippen molar-refractivity contribution in [3.8, 4) is 0 Å².